The number of pyridine rings is 1. The summed E-state index contributed by atoms with van der Waals surface area (Å²) in [7, 11) is 0. The Morgan fingerprint density at radius 2 is 2.00 bits per heavy atom. The summed E-state index contributed by atoms with van der Waals surface area (Å²) in [5.41, 5.74) is 0.916. The topological polar surface area (TPSA) is 110 Å². The number of fused-ring (bicyclic) bond motifs is 1. The number of amides is 1. The van der Waals surface area contributed by atoms with Gasteiger partial charge in [0.05, 0.1) is 16.9 Å². The first-order valence-electron chi connectivity index (χ1n) is 8.34. The number of aromatic nitrogens is 4. The van der Waals surface area contributed by atoms with Gasteiger partial charge in [0.1, 0.15) is 5.54 Å². The second-order valence-electron chi connectivity index (χ2n) is 6.48. The van der Waals surface area contributed by atoms with E-state index in [1.807, 2.05) is 30.3 Å². The minimum Gasteiger partial charge on any atom is -0.480 e. The van der Waals surface area contributed by atoms with Crippen molar-refractivity contribution in [2.24, 2.45) is 0 Å². The molecule has 0 radical (unpaired) electrons. The first kappa shape index (κ1) is 16.2. The highest BCUT2D eigenvalue weighted by molar-refractivity contribution is 5.97. The summed E-state index contributed by atoms with van der Waals surface area (Å²) in [6, 6.07) is 9.47. The largest absolute Gasteiger partial charge is 0.480 e. The Balaban J connectivity index is 1.70. The third kappa shape index (κ3) is 2.42. The Hall–Kier alpha value is -3.29. The van der Waals surface area contributed by atoms with Crippen LogP contribution in [0.4, 0.5) is 0 Å². The predicted molar refractivity (Wildman–Crippen MR) is 93.1 cm³/mol. The molecular weight excluding hydrogens is 334 g/mol. The van der Waals surface area contributed by atoms with Crippen LogP contribution in [0, 0.1) is 6.92 Å². The highest BCUT2D eigenvalue weighted by Gasteiger charge is 2.46. The van der Waals surface area contributed by atoms with Gasteiger partial charge in [-0.2, -0.15) is 0 Å². The van der Waals surface area contributed by atoms with Crippen molar-refractivity contribution in [3.63, 3.8) is 0 Å². The molecule has 0 atom stereocenters. The van der Waals surface area contributed by atoms with Crippen LogP contribution in [0.1, 0.15) is 35.4 Å². The SMILES string of the molecule is Cc1c(C(=O)NC2(C(=O)O)CCC2)nnn1-c1cccc2cccnc12. The highest BCUT2D eigenvalue weighted by Crippen LogP contribution is 2.32. The molecular formula is C18H17N5O3. The molecule has 8 heteroatoms. The van der Waals surface area contributed by atoms with E-state index in [4.69, 9.17) is 0 Å². The molecule has 1 aliphatic rings. The first-order valence-corrected chi connectivity index (χ1v) is 8.34. The Labute approximate surface area is 148 Å². The van der Waals surface area contributed by atoms with Gasteiger partial charge in [-0.1, -0.05) is 23.4 Å². The molecule has 1 amide bonds. The number of nitrogens with zero attached hydrogens (tertiary/aromatic N) is 4. The molecule has 1 aliphatic carbocycles. The number of carbonyl (C=O) groups excluding carboxylic acids is 1. The lowest BCUT2D eigenvalue weighted by Gasteiger charge is -2.37. The summed E-state index contributed by atoms with van der Waals surface area (Å²) < 4.78 is 1.55. The van der Waals surface area contributed by atoms with Crippen molar-refractivity contribution >= 4 is 22.8 Å². The third-order valence-corrected chi connectivity index (χ3v) is 4.92. The van der Waals surface area contributed by atoms with Crippen molar-refractivity contribution in [1.82, 2.24) is 25.3 Å². The van der Waals surface area contributed by atoms with E-state index in [2.05, 4.69) is 20.6 Å². The van der Waals surface area contributed by atoms with Crippen LogP contribution >= 0.6 is 0 Å². The van der Waals surface area contributed by atoms with Crippen LogP contribution in [0.5, 0.6) is 0 Å². The van der Waals surface area contributed by atoms with E-state index in [1.165, 1.54) is 0 Å². The number of para-hydroxylation sites is 1. The lowest BCUT2D eigenvalue weighted by atomic mass is 9.76. The monoisotopic (exact) mass is 351 g/mol. The molecule has 2 heterocycles. The maximum Gasteiger partial charge on any atom is 0.329 e. The van der Waals surface area contributed by atoms with Gasteiger partial charge in [-0.3, -0.25) is 9.78 Å². The molecule has 3 aromatic rings. The van der Waals surface area contributed by atoms with E-state index in [1.54, 1.807) is 17.8 Å². The normalized spacial score (nSPS) is 15.4. The number of nitrogens with one attached hydrogen (secondary N) is 1. The van der Waals surface area contributed by atoms with Crippen LogP contribution in [0.25, 0.3) is 16.6 Å². The summed E-state index contributed by atoms with van der Waals surface area (Å²) in [6.07, 6.45) is 3.32. The lowest BCUT2D eigenvalue weighted by molar-refractivity contribution is -0.148. The zero-order valence-corrected chi connectivity index (χ0v) is 14.1. The molecule has 0 unspecified atom stereocenters. The molecule has 2 aromatic heterocycles. The summed E-state index contributed by atoms with van der Waals surface area (Å²) in [5.74, 6) is -1.54. The number of aliphatic carboxylic acids is 1. The van der Waals surface area contributed by atoms with Gasteiger partial charge in [0.15, 0.2) is 5.69 Å². The Morgan fingerprint density at radius 3 is 2.69 bits per heavy atom. The molecule has 0 bridgehead atoms. The molecule has 1 saturated carbocycles. The zero-order valence-electron chi connectivity index (χ0n) is 14.1. The molecule has 1 fully saturated rings. The number of benzene rings is 1. The number of carbonyl (C=O) groups is 2. The van der Waals surface area contributed by atoms with Crippen LogP contribution < -0.4 is 5.32 Å². The van der Waals surface area contributed by atoms with E-state index in [9.17, 15) is 14.7 Å². The van der Waals surface area contributed by atoms with Gasteiger partial charge in [-0.05, 0) is 38.3 Å². The van der Waals surface area contributed by atoms with E-state index >= 15 is 0 Å². The standard InChI is InChI=1S/C18H17N5O3/c1-11-14(16(24)20-18(17(25)26)8-4-9-18)21-22-23(11)13-7-2-5-12-6-3-10-19-15(12)13/h2-3,5-7,10H,4,8-9H2,1H3,(H,20,24)(H,25,26). The maximum atomic E-state index is 12.6. The number of hydrogen-bond acceptors (Lipinski definition) is 5. The highest BCUT2D eigenvalue weighted by atomic mass is 16.4. The van der Waals surface area contributed by atoms with E-state index in [0.717, 1.165) is 17.3 Å². The van der Waals surface area contributed by atoms with Gasteiger partial charge in [-0.15, -0.1) is 5.10 Å². The molecule has 8 nitrogen and oxygen atoms in total. The summed E-state index contributed by atoms with van der Waals surface area (Å²) in [4.78, 5) is 28.4. The third-order valence-electron chi connectivity index (χ3n) is 4.92. The molecule has 1 aromatic carbocycles. The van der Waals surface area contributed by atoms with Crippen molar-refractivity contribution in [2.75, 3.05) is 0 Å². The quantitative estimate of drug-likeness (QED) is 0.742. The van der Waals surface area contributed by atoms with Crippen molar-refractivity contribution in [2.45, 2.75) is 31.7 Å². The fourth-order valence-corrected chi connectivity index (χ4v) is 3.23. The average molecular weight is 351 g/mol. The number of hydrogen-bond donors (Lipinski definition) is 2. The second-order valence-corrected chi connectivity index (χ2v) is 6.48. The Bertz CT molecular complexity index is 1020. The van der Waals surface area contributed by atoms with Crippen molar-refractivity contribution in [3.8, 4) is 5.69 Å². The molecule has 2 N–H and O–H groups in total. The second kappa shape index (κ2) is 5.91. The Morgan fingerprint density at radius 1 is 1.23 bits per heavy atom. The van der Waals surface area contributed by atoms with Crippen LogP contribution in [0.15, 0.2) is 36.5 Å². The van der Waals surface area contributed by atoms with Gasteiger partial charge < -0.3 is 10.4 Å². The van der Waals surface area contributed by atoms with Crippen molar-refractivity contribution in [3.05, 3.63) is 47.9 Å². The van der Waals surface area contributed by atoms with Crippen LogP contribution in [0.2, 0.25) is 0 Å². The number of carboxylic acid groups (broad SMARTS) is 1. The first-order chi connectivity index (χ1) is 12.5. The van der Waals surface area contributed by atoms with Gasteiger partial charge in [-0.25, -0.2) is 9.48 Å². The molecule has 132 valence electrons. The summed E-state index contributed by atoms with van der Waals surface area (Å²) in [6.45, 7) is 1.73. The number of rotatable bonds is 4. The van der Waals surface area contributed by atoms with Gasteiger partial charge in [0, 0.05) is 11.6 Å². The molecule has 4 rings (SSSR count). The van der Waals surface area contributed by atoms with E-state index in [-0.39, 0.29) is 5.69 Å². The zero-order chi connectivity index (χ0) is 18.3. The minimum absolute atomic E-state index is 0.116. The van der Waals surface area contributed by atoms with Crippen LogP contribution in [-0.4, -0.2) is 42.5 Å². The molecule has 26 heavy (non-hydrogen) atoms. The summed E-state index contributed by atoms with van der Waals surface area (Å²) in [5, 5.41) is 21.0. The lowest BCUT2D eigenvalue weighted by Crippen LogP contribution is -2.59. The predicted octanol–water partition coefficient (Wildman–Crippen LogP) is 1.86. The minimum atomic E-state index is -1.19. The fourth-order valence-electron chi connectivity index (χ4n) is 3.23. The van der Waals surface area contributed by atoms with Gasteiger partial charge >= 0.3 is 5.97 Å². The van der Waals surface area contributed by atoms with E-state index in [0.29, 0.717) is 24.2 Å². The molecule has 0 spiro atoms. The van der Waals surface area contributed by atoms with Gasteiger partial charge in [0.2, 0.25) is 0 Å². The van der Waals surface area contributed by atoms with Crippen molar-refractivity contribution in [1.29, 1.82) is 0 Å². The maximum absolute atomic E-state index is 12.6. The fraction of sp³-hybridized carbons (Fsp3) is 0.278. The van der Waals surface area contributed by atoms with Crippen molar-refractivity contribution < 1.29 is 14.7 Å². The average Bonchev–Trinajstić information content (AvgIpc) is 2.98. The van der Waals surface area contributed by atoms with E-state index < -0.39 is 17.4 Å². The molecule has 0 saturated heterocycles. The smallest absolute Gasteiger partial charge is 0.329 e. The summed E-state index contributed by atoms with van der Waals surface area (Å²) >= 11 is 0. The molecule has 0 aliphatic heterocycles. The van der Waals surface area contributed by atoms with Crippen LogP contribution in [0.3, 0.4) is 0 Å². The van der Waals surface area contributed by atoms with Crippen LogP contribution in [-0.2, 0) is 4.79 Å². The van der Waals surface area contributed by atoms with Gasteiger partial charge in [0.25, 0.3) is 5.91 Å². The Kier molecular flexibility index (Phi) is 3.68. The number of carboxylic acids is 1.